The van der Waals surface area contributed by atoms with E-state index in [0.29, 0.717) is 0 Å². The molecule has 0 amide bonds. The molecule has 13 heteroatoms. The van der Waals surface area contributed by atoms with Gasteiger partial charge in [-0.25, -0.2) is 0 Å². The average molecular weight is 373 g/mol. The minimum absolute atomic E-state index is 0. The van der Waals surface area contributed by atoms with E-state index in [2.05, 4.69) is 36.7 Å². The van der Waals surface area contributed by atoms with Gasteiger partial charge in [0.1, 0.15) is 15.3 Å². The minimum atomic E-state index is 0. The van der Waals surface area contributed by atoms with Gasteiger partial charge in [0.15, 0.2) is 0 Å². The first-order valence-electron chi connectivity index (χ1n) is 2.98. The molecule has 0 fully saturated rings. The molecule has 0 saturated heterocycles. The predicted octanol–water partition coefficient (Wildman–Crippen LogP) is -0.642. The molecule has 0 radical (unpaired) electrons. The van der Waals surface area contributed by atoms with Crippen LogP contribution in [0.4, 0.5) is 0 Å². The zero-order chi connectivity index (χ0) is 12.9. The van der Waals surface area contributed by atoms with E-state index < -0.39 is 0 Å². The van der Waals surface area contributed by atoms with E-state index in [1.807, 2.05) is 0 Å². The van der Waals surface area contributed by atoms with Gasteiger partial charge >= 0.3 is 19.5 Å². The van der Waals surface area contributed by atoms with Crippen molar-refractivity contribution >= 4 is 52.0 Å². The largest absolute Gasteiger partial charge is 3.00 e. The Morgan fingerprint density at radius 1 is 0.688 bits per heavy atom. The van der Waals surface area contributed by atoms with Crippen LogP contribution in [0.2, 0.25) is 0 Å². The van der Waals surface area contributed by atoms with Gasteiger partial charge in [0.05, 0.1) is 0 Å². The van der Waals surface area contributed by atoms with Crippen LogP contribution in [0.3, 0.4) is 0 Å². The monoisotopic (exact) mass is 373 g/mol. The fraction of sp³-hybridized carbons (Fsp3) is 0. The van der Waals surface area contributed by atoms with Crippen molar-refractivity contribution in [3.05, 3.63) is 17.5 Å². The average Bonchev–Trinajstić information content (AvgIpc) is 2.19. The van der Waals surface area contributed by atoms with Crippen molar-refractivity contribution < 1.29 is 19.5 Å². The first kappa shape index (κ1) is 24.7. The molecule has 0 heterocycles. The van der Waals surface area contributed by atoms with E-state index in [0.717, 1.165) is 0 Å². The molecule has 0 aromatic carbocycles. The number of nitrogens with one attached hydrogen (secondary N) is 6. The van der Waals surface area contributed by atoms with Crippen LogP contribution in [0.5, 0.6) is 0 Å². The summed E-state index contributed by atoms with van der Waals surface area (Å²) < 4.78 is 0. The smallest absolute Gasteiger partial charge is 0.584 e. The van der Waals surface area contributed by atoms with E-state index in [-0.39, 0.29) is 34.8 Å². The van der Waals surface area contributed by atoms with Crippen molar-refractivity contribution in [1.29, 1.82) is 0 Å². The van der Waals surface area contributed by atoms with Crippen LogP contribution < -0.4 is 33.5 Å². The van der Waals surface area contributed by atoms with Gasteiger partial charge in [-0.05, 0) is 36.7 Å². The van der Waals surface area contributed by atoms with Crippen molar-refractivity contribution in [1.82, 2.24) is 16.3 Å². The molecule has 0 saturated carbocycles. The third kappa shape index (κ3) is 69.1. The van der Waals surface area contributed by atoms with Crippen LogP contribution in [0, 0.1) is 0 Å². The van der Waals surface area contributed by atoms with Crippen LogP contribution in [0.1, 0.15) is 0 Å². The Morgan fingerprint density at radius 2 is 0.750 bits per heavy atom. The van der Waals surface area contributed by atoms with Crippen LogP contribution in [-0.4, -0.2) is 15.3 Å². The van der Waals surface area contributed by atoms with E-state index in [1.54, 1.807) is 16.3 Å². The van der Waals surface area contributed by atoms with Gasteiger partial charge in [0, 0.05) is 0 Å². The Kier molecular flexibility index (Phi) is 30.9. The van der Waals surface area contributed by atoms with Gasteiger partial charge in [0.2, 0.25) is 0 Å². The first-order chi connectivity index (χ1) is 6.81. The summed E-state index contributed by atoms with van der Waals surface area (Å²) in [5, 5.41) is 0.0139. The topological polar surface area (TPSA) is 186 Å². The molecular formula is C3H12N9RhS3. The maximum Gasteiger partial charge on any atom is 3.00 e. The Balaban J connectivity index is -0.0000000655. The molecular weight excluding hydrogens is 361 g/mol. The Bertz CT molecular complexity index is 165. The molecule has 9 nitrogen and oxygen atoms in total. The summed E-state index contributed by atoms with van der Waals surface area (Å²) in [4.78, 5) is 0. The number of thiocarbonyl (C=S) groups is 3. The second kappa shape index (κ2) is 20.0. The van der Waals surface area contributed by atoms with Gasteiger partial charge in [-0.2, -0.15) is 0 Å². The number of rotatable bonds is 0. The Labute approximate surface area is 122 Å². The third-order valence-electron chi connectivity index (χ3n) is 0.370. The van der Waals surface area contributed by atoms with Crippen molar-refractivity contribution in [3.8, 4) is 0 Å². The van der Waals surface area contributed by atoms with Crippen LogP contribution in [0.25, 0.3) is 17.5 Å². The van der Waals surface area contributed by atoms with Gasteiger partial charge in [-0.1, -0.05) is 0 Å². The molecule has 16 heavy (non-hydrogen) atoms. The summed E-state index contributed by atoms with van der Waals surface area (Å²) >= 11 is 12.5. The standard InChI is InChI=1S/3CH4N3S.Rh/c3*2-1(5)4-3;/h3*3H,(H3,2,4,5);/q3*-1;+3. The first-order valence-corrected chi connectivity index (χ1v) is 4.20. The summed E-state index contributed by atoms with van der Waals surface area (Å²) in [7, 11) is 0. The van der Waals surface area contributed by atoms with Crippen molar-refractivity contribution in [2.75, 3.05) is 0 Å². The number of nitrogens with two attached hydrogens (primary N) is 3. The van der Waals surface area contributed by atoms with E-state index in [4.69, 9.17) is 34.7 Å². The normalized spacial score (nSPS) is 6.19. The Hall–Kier alpha value is -0.427. The molecule has 0 aliphatic carbocycles. The quantitative estimate of drug-likeness (QED) is 0.182. The molecule has 12 N–H and O–H groups in total. The fourth-order valence-electron chi connectivity index (χ4n) is 0. The van der Waals surface area contributed by atoms with E-state index >= 15 is 0 Å². The fourth-order valence-corrected chi connectivity index (χ4v) is 0. The Morgan fingerprint density at radius 3 is 0.750 bits per heavy atom. The molecule has 0 aliphatic rings. The molecule has 0 bridgehead atoms. The summed E-state index contributed by atoms with van der Waals surface area (Å²) in [6.07, 6.45) is 0. The maximum atomic E-state index is 6.14. The minimum Gasteiger partial charge on any atom is -0.584 e. The van der Waals surface area contributed by atoms with Gasteiger partial charge in [0.25, 0.3) is 0 Å². The molecule has 0 spiro atoms. The predicted molar refractivity (Wildman–Crippen MR) is 72.7 cm³/mol. The molecule has 0 aromatic heterocycles. The summed E-state index contributed by atoms with van der Waals surface area (Å²) in [6, 6.07) is 0. The molecule has 0 aliphatic heterocycles. The molecule has 0 atom stereocenters. The summed E-state index contributed by atoms with van der Waals surface area (Å²) in [5.41, 5.74) is 19.5. The zero-order valence-electron chi connectivity index (χ0n) is 7.79. The number of hydrogen-bond donors (Lipinski definition) is 6. The van der Waals surface area contributed by atoms with Crippen LogP contribution in [0.15, 0.2) is 0 Å². The number of hydrogen-bond acceptors (Lipinski definition) is 3. The second-order valence-electron chi connectivity index (χ2n) is 1.47. The van der Waals surface area contributed by atoms with Crippen molar-refractivity contribution in [3.63, 3.8) is 0 Å². The molecule has 96 valence electrons. The van der Waals surface area contributed by atoms with Crippen molar-refractivity contribution in [2.45, 2.75) is 0 Å². The maximum absolute atomic E-state index is 6.14. The van der Waals surface area contributed by atoms with Gasteiger partial charge < -0.3 is 51.0 Å². The van der Waals surface area contributed by atoms with Gasteiger partial charge in [-0.15, -0.1) is 0 Å². The summed E-state index contributed by atoms with van der Waals surface area (Å²) in [6.45, 7) is 0. The third-order valence-corrected chi connectivity index (χ3v) is 0.676. The van der Waals surface area contributed by atoms with Gasteiger partial charge in [-0.3, -0.25) is 0 Å². The molecule has 0 rings (SSSR count). The van der Waals surface area contributed by atoms with Crippen LogP contribution >= 0.6 is 36.7 Å². The van der Waals surface area contributed by atoms with Crippen LogP contribution in [-0.2, 0) is 19.5 Å². The second-order valence-corrected chi connectivity index (χ2v) is 2.79. The molecule has 0 unspecified atom stereocenters. The van der Waals surface area contributed by atoms with E-state index in [1.165, 1.54) is 0 Å². The van der Waals surface area contributed by atoms with E-state index in [9.17, 15) is 0 Å². The van der Waals surface area contributed by atoms with Crippen molar-refractivity contribution in [2.24, 2.45) is 17.2 Å². The SMILES string of the molecule is [NH-]NC(N)=S.[NH-]NC(N)=S.[NH-]NC(N)=S.[Rh+3]. The molecule has 0 aromatic rings. The zero-order valence-corrected chi connectivity index (χ0v) is 11.9. The summed E-state index contributed by atoms with van der Waals surface area (Å²) in [5.74, 6) is 18.4.